The standard InChI is InChI=1S/C16H31N3O/c1-13(2)19(12-14-8-10-17-11-9-14)16(20)18-15-6-4-3-5-7-15/h13-15,17H,3-12H2,1-2H3,(H,18,20). The normalized spacial score (nSPS) is 21.9. The van der Waals surface area contributed by atoms with Crippen molar-refractivity contribution >= 4 is 6.03 Å². The highest BCUT2D eigenvalue weighted by Gasteiger charge is 2.25. The molecule has 4 nitrogen and oxygen atoms in total. The number of hydrogen-bond acceptors (Lipinski definition) is 2. The fraction of sp³-hybridized carbons (Fsp3) is 0.938. The monoisotopic (exact) mass is 281 g/mol. The van der Waals surface area contributed by atoms with Crippen molar-refractivity contribution in [2.45, 2.75) is 70.9 Å². The Morgan fingerprint density at radius 1 is 1.15 bits per heavy atom. The molecule has 116 valence electrons. The Morgan fingerprint density at radius 3 is 2.40 bits per heavy atom. The van der Waals surface area contributed by atoms with Crippen molar-refractivity contribution in [3.8, 4) is 0 Å². The minimum Gasteiger partial charge on any atom is -0.335 e. The van der Waals surface area contributed by atoms with Gasteiger partial charge in [-0.25, -0.2) is 4.79 Å². The molecule has 0 aromatic carbocycles. The summed E-state index contributed by atoms with van der Waals surface area (Å²) in [7, 11) is 0. The molecule has 0 unspecified atom stereocenters. The first-order chi connectivity index (χ1) is 9.66. The summed E-state index contributed by atoms with van der Waals surface area (Å²) in [4.78, 5) is 14.6. The Morgan fingerprint density at radius 2 is 1.80 bits per heavy atom. The zero-order valence-electron chi connectivity index (χ0n) is 13.2. The third-order valence-electron chi connectivity index (χ3n) is 4.73. The third kappa shape index (κ3) is 4.65. The second-order valence-electron chi connectivity index (χ2n) is 6.72. The molecule has 2 aliphatic rings. The van der Waals surface area contributed by atoms with Crippen LogP contribution in [0.1, 0.15) is 58.8 Å². The zero-order valence-corrected chi connectivity index (χ0v) is 13.2. The van der Waals surface area contributed by atoms with Crippen molar-refractivity contribution in [3.63, 3.8) is 0 Å². The second-order valence-corrected chi connectivity index (χ2v) is 6.72. The van der Waals surface area contributed by atoms with Gasteiger partial charge in [-0.05, 0) is 58.5 Å². The molecule has 2 N–H and O–H groups in total. The van der Waals surface area contributed by atoms with Gasteiger partial charge in [0.05, 0.1) is 0 Å². The van der Waals surface area contributed by atoms with Crippen LogP contribution < -0.4 is 10.6 Å². The molecule has 1 saturated heterocycles. The van der Waals surface area contributed by atoms with Gasteiger partial charge in [0.1, 0.15) is 0 Å². The van der Waals surface area contributed by atoms with Gasteiger partial charge in [-0.3, -0.25) is 0 Å². The fourth-order valence-electron chi connectivity index (χ4n) is 3.38. The average molecular weight is 281 g/mol. The molecule has 1 heterocycles. The molecule has 2 fully saturated rings. The third-order valence-corrected chi connectivity index (χ3v) is 4.73. The van der Waals surface area contributed by atoms with Gasteiger partial charge in [0.2, 0.25) is 0 Å². The molecule has 2 rings (SSSR count). The van der Waals surface area contributed by atoms with E-state index in [1.807, 2.05) is 4.90 Å². The molecule has 4 heteroatoms. The molecule has 0 spiro atoms. The molecule has 20 heavy (non-hydrogen) atoms. The highest BCUT2D eigenvalue weighted by atomic mass is 16.2. The molecule has 2 amide bonds. The van der Waals surface area contributed by atoms with Crippen LogP contribution in [0.5, 0.6) is 0 Å². The number of urea groups is 1. The Labute approximate surface area is 123 Å². The first-order valence-electron chi connectivity index (χ1n) is 8.44. The lowest BCUT2D eigenvalue weighted by Crippen LogP contribution is -2.50. The van der Waals surface area contributed by atoms with Crippen molar-refractivity contribution in [2.75, 3.05) is 19.6 Å². The minimum atomic E-state index is 0.158. The zero-order chi connectivity index (χ0) is 14.4. The van der Waals surface area contributed by atoms with Crippen LogP contribution in [0.15, 0.2) is 0 Å². The highest BCUT2D eigenvalue weighted by Crippen LogP contribution is 2.19. The SMILES string of the molecule is CC(C)N(CC1CCNCC1)C(=O)NC1CCCCC1. The van der Waals surface area contributed by atoms with E-state index in [1.54, 1.807) is 0 Å². The van der Waals surface area contributed by atoms with Crippen LogP contribution in [0.2, 0.25) is 0 Å². The van der Waals surface area contributed by atoms with E-state index in [-0.39, 0.29) is 12.1 Å². The van der Waals surface area contributed by atoms with Gasteiger partial charge in [0.25, 0.3) is 0 Å². The summed E-state index contributed by atoms with van der Waals surface area (Å²) in [5.74, 6) is 0.663. The maximum atomic E-state index is 12.5. The van der Waals surface area contributed by atoms with Gasteiger partial charge in [0.15, 0.2) is 0 Å². The van der Waals surface area contributed by atoms with Gasteiger partial charge in [-0.15, -0.1) is 0 Å². The average Bonchev–Trinajstić information content (AvgIpc) is 2.46. The predicted octanol–water partition coefficient (Wildman–Crippen LogP) is 2.74. The van der Waals surface area contributed by atoms with Crippen molar-refractivity contribution in [1.82, 2.24) is 15.5 Å². The van der Waals surface area contributed by atoms with Crippen LogP contribution in [0.3, 0.4) is 0 Å². The van der Waals surface area contributed by atoms with E-state index in [0.717, 1.165) is 32.5 Å². The number of carbonyl (C=O) groups is 1. The molecular weight excluding hydrogens is 250 g/mol. The summed E-state index contributed by atoms with van der Waals surface area (Å²) in [6, 6.07) is 0.851. The van der Waals surface area contributed by atoms with E-state index in [1.165, 1.54) is 32.1 Å². The maximum absolute atomic E-state index is 12.5. The molecule has 0 radical (unpaired) electrons. The number of amides is 2. The molecular formula is C16H31N3O. The van der Waals surface area contributed by atoms with Gasteiger partial charge in [0, 0.05) is 18.6 Å². The van der Waals surface area contributed by atoms with Crippen molar-refractivity contribution in [1.29, 1.82) is 0 Å². The number of nitrogens with zero attached hydrogens (tertiary/aromatic N) is 1. The van der Waals surface area contributed by atoms with E-state index in [9.17, 15) is 4.79 Å². The molecule has 0 aromatic rings. The summed E-state index contributed by atoms with van der Waals surface area (Å²) >= 11 is 0. The van der Waals surface area contributed by atoms with Crippen LogP contribution >= 0.6 is 0 Å². The molecule has 1 saturated carbocycles. The number of nitrogens with one attached hydrogen (secondary N) is 2. The molecule has 1 aliphatic heterocycles. The van der Waals surface area contributed by atoms with E-state index < -0.39 is 0 Å². The van der Waals surface area contributed by atoms with Crippen molar-refractivity contribution in [2.24, 2.45) is 5.92 Å². The highest BCUT2D eigenvalue weighted by molar-refractivity contribution is 5.74. The summed E-state index contributed by atoms with van der Waals surface area (Å²) in [5.41, 5.74) is 0. The first kappa shape index (κ1) is 15.6. The smallest absolute Gasteiger partial charge is 0.317 e. The predicted molar refractivity (Wildman–Crippen MR) is 82.8 cm³/mol. The lowest BCUT2D eigenvalue weighted by atomic mass is 9.95. The van der Waals surface area contributed by atoms with Crippen LogP contribution in [0.4, 0.5) is 4.79 Å². The number of carbonyl (C=O) groups excluding carboxylic acids is 1. The summed E-state index contributed by atoms with van der Waals surface area (Å²) in [6.07, 6.45) is 8.56. The van der Waals surface area contributed by atoms with Gasteiger partial charge < -0.3 is 15.5 Å². The van der Waals surface area contributed by atoms with E-state index in [4.69, 9.17) is 0 Å². The number of rotatable bonds is 4. The summed E-state index contributed by atoms with van der Waals surface area (Å²) in [5, 5.41) is 6.65. The summed E-state index contributed by atoms with van der Waals surface area (Å²) < 4.78 is 0. The number of hydrogen-bond donors (Lipinski definition) is 2. The van der Waals surface area contributed by atoms with Crippen LogP contribution in [-0.4, -0.2) is 42.6 Å². The quantitative estimate of drug-likeness (QED) is 0.832. The Hall–Kier alpha value is -0.770. The summed E-state index contributed by atoms with van der Waals surface area (Å²) in [6.45, 7) is 7.36. The van der Waals surface area contributed by atoms with Crippen LogP contribution in [-0.2, 0) is 0 Å². The number of piperidine rings is 1. The minimum absolute atomic E-state index is 0.158. The largest absolute Gasteiger partial charge is 0.335 e. The van der Waals surface area contributed by atoms with Crippen molar-refractivity contribution in [3.05, 3.63) is 0 Å². The lowest BCUT2D eigenvalue weighted by molar-refractivity contribution is 0.157. The fourth-order valence-corrected chi connectivity index (χ4v) is 3.38. The van der Waals surface area contributed by atoms with Gasteiger partial charge in [-0.1, -0.05) is 19.3 Å². The molecule has 0 bridgehead atoms. The Kier molecular flexibility index (Phi) is 6.14. The second kappa shape index (κ2) is 7.87. The lowest BCUT2D eigenvalue weighted by Gasteiger charge is -2.34. The Balaban J connectivity index is 1.84. The van der Waals surface area contributed by atoms with E-state index >= 15 is 0 Å². The van der Waals surface area contributed by atoms with Crippen LogP contribution in [0.25, 0.3) is 0 Å². The molecule has 1 aliphatic carbocycles. The topological polar surface area (TPSA) is 44.4 Å². The molecule has 0 atom stereocenters. The van der Waals surface area contributed by atoms with Crippen molar-refractivity contribution < 1.29 is 4.79 Å². The van der Waals surface area contributed by atoms with Crippen LogP contribution in [0, 0.1) is 5.92 Å². The van der Waals surface area contributed by atoms with E-state index in [0.29, 0.717) is 12.0 Å². The first-order valence-corrected chi connectivity index (χ1v) is 8.44. The van der Waals surface area contributed by atoms with Gasteiger partial charge in [-0.2, -0.15) is 0 Å². The Bertz CT molecular complexity index is 294. The van der Waals surface area contributed by atoms with Gasteiger partial charge >= 0.3 is 6.03 Å². The molecule has 0 aromatic heterocycles. The van der Waals surface area contributed by atoms with E-state index in [2.05, 4.69) is 24.5 Å². The maximum Gasteiger partial charge on any atom is 0.317 e.